The van der Waals surface area contributed by atoms with Crippen molar-refractivity contribution in [3.8, 4) is 0 Å². The van der Waals surface area contributed by atoms with E-state index in [9.17, 15) is 5.11 Å². The maximum atomic E-state index is 9.69. The molecular formula is C14H25N5O. The number of hydrogen-bond acceptors (Lipinski definition) is 6. The molecule has 0 aliphatic heterocycles. The van der Waals surface area contributed by atoms with E-state index in [1.54, 1.807) is 0 Å². The highest BCUT2D eigenvalue weighted by atomic mass is 16.3. The minimum atomic E-state index is -0.141. The van der Waals surface area contributed by atoms with Gasteiger partial charge in [-0.3, -0.25) is 0 Å². The number of rotatable bonds is 6. The molecule has 0 amide bonds. The summed E-state index contributed by atoms with van der Waals surface area (Å²) >= 11 is 0. The van der Waals surface area contributed by atoms with E-state index in [1.165, 1.54) is 6.42 Å². The summed E-state index contributed by atoms with van der Waals surface area (Å²) in [5.41, 5.74) is 2.58. The lowest BCUT2D eigenvalue weighted by Gasteiger charge is -2.26. The number of hydrogen-bond donors (Lipinski definition) is 4. The summed E-state index contributed by atoms with van der Waals surface area (Å²) in [5.74, 6) is 8.19. The summed E-state index contributed by atoms with van der Waals surface area (Å²) in [6.07, 6.45) is 5.79. The monoisotopic (exact) mass is 279 g/mol. The van der Waals surface area contributed by atoms with Gasteiger partial charge in [-0.25, -0.2) is 15.8 Å². The van der Waals surface area contributed by atoms with Crippen molar-refractivity contribution in [2.24, 2.45) is 11.8 Å². The second kappa shape index (κ2) is 7.40. The summed E-state index contributed by atoms with van der Waals surface area (Å²) in [6, 6.07) is 1.82. The predicted molar refractivity (Wildman–Crippen MR) is 80.3 cm³/mol. The van der Waals surface area contributed by atoms with Gasteiger partial charge in [-0.05, 0) is 31.6 Å². The van der Waals surface area contributed by atoms with Gasteiger partial charge < -0.3 is 15.8 Å². The molecule has 1 saturated carbocycles. The topological polar surface area (TPSA) is 96.1 Å². The number of nitrogens with one attached hydrogen (secondary N) is 2. The maximum Gasteiger partial charge on any atom is 0.145 e. The van der Waals surface area contributed by atoms with Crippen LogP contribution < -0.4 is 16.6 Å². The van der Waals surface area contributed by atoms with E-state index in [0.717, 1.165) is 50.3 Å². The number of aromatic nitrogens is 2. The van der Waals surface area contributed by atoms with Gasteiger partial charge in [0, 0.05) is 19.0 Å². The molecule has 1 fully saturated rings. The molecular weight excluding hydrogens is 254 g/mol. The lowest BCUT2D eigenvalue weighted by atomic mass is 9.87. The highest BCUT2D eigenvalue weighted by Gasteiger charge is 2.20. The van der Waals surface area contributed by atoms with Crippen molar-refractivity contribution in [3.05, 3.63) is 11.9 Å². The van der Waals surface area contributed by atoms with E-state index in [2.05, 4.69) is 27.6 Å². The molecule has 6 nitrogen and oxygen atoms in total. The molecule has 0 radical (unpaired) electrons. The van der Waals surface area contributed by atoms with Gasteiger partial charge in [0.1, 0.15) is 17.5 Å². The molecule has 0 bridgehead atoms. The smallest absolute Gasteiger partial charge is 0.145 e. The van der Waals surface area contributed by atoms with Crippen LogP contribution in [0.5, 0.6) is 0 Å². The Balaban J connectivity index is 1.95. The normalized spacial score (nSPS) is 22.6. The number of nitrogens with two attached hydrogens (primary N) is 1. The fourth-order valence-electron chi connectivity index (χ4n) is 2.69. The largest absolute Gasteiger partial charge is 0.393 e. The zero-order valence-electron chi connectivity index (χ0n) is 12.1. The standard InChI is InChI=1S/C14H25N5O/c1-2-4-12-17-13(8-14(18-12)19-15)16-9-10-5-3-6-11(20)7-10/h8,10-11,20H,2-7,9,15H2,1H3,(H2,16,17,18,19). The molecule has 0 spiro atoms. The highest BCUT2D eigenvalue weighted by molar-refractivity contribution is 5.46. The second-order valence-corrected chi connectivity index (χ2v) is 5.52. The van der Waals surface area contributed by atoms with Crippen molar-refractivity contribution in [3.63, 3.8) is 0 Å². The Labute approximate surface area is 120 Å². The van der Waals surface area contributed by atoms with Gasteiger partial charge in [0.2, 0.25) is 0 Å². The summed E-state index contributed by atoms with van der Waals surface area (Å²) in [5, 5.41) is 13.0. The van der Waals surface area contributed by atoms with Crippen molar-refractivity contribution < 1.29 is 5.11 Å². The first-order valence-corrected chi connectivity index (χ1v) is 7.47. The van der Waals surface area contributed by atoms with Crippen LogP contribution in [-0.2, 0) is 6.42 Å². The quantitative estimate of drug-likeness (QED) is 0.467. The summed E-state index contributed by atoms with van der Waals surface area (Å²) < 4.78 is 0. The van der Waals surface area contributed by atoms with Crippen LogP contribution in [-0.4, -0.2) is 27.7 Å². The van der Waals surface area contributed by atoms with E-state index >= 15 is 0 Å². The Bertz CT molecular complexity index is 426. The Morgan fingerprint density at radius 2 is 2.15 bits per heavy atom. The Morgan fingerprint density at radius 3 is 2.85 bits per heavy atom. The Morgan fingerprint density at radius 1 is 1.35 bits per heavy atom. The number of aliphatic hydroxyl groups is 1. The van der Waals surface area contributed by atoms with Crippen LogP contribution >= 0.6 is 0 Å². The van der Waals surface area contributed by atoms with Crippen molar-refractivity contribution in [1.82, 2.24) is 9.97 Å². The van der Waals surface area contributed by atoms with Crippen LogP contribution in [0, 0.1) is 5.92 Å². The molecule has 2 unspecified atom stereocenters. The minimum Gasteiger partial charge on any atom is -0.393 e. The van der Waals surface area contributed by atoms with Gasteiger partial charge >= 0.3 is 0 Å². The molecule has 1 aliphatic carbocycles. The second-order valence-electron chi connectivity index (χ2n) is 5.52. The first kappa shape index (κ1) is 15.0. The number of hydrazine groups is 1. The van der Waals surface area contributed by atoms with Crippen molar-refractivity contribution >= 4 is 11.6 Å². The Kier molecular flexibility index (Phi) is 5.55. The number of aryl methyl sites for hydroxylation is 1. The molecule has 1 aromatic heterocycles. The third-order valence-corrected chi connectivity index (χ3v) is 3.72. The molecule has 1 heterocycles. The molecule has 1 aromatic rings. The molecule has 112 valence electrons. The van der Waals surface area contributed by atoms with Crippen LogP contribution in [0.25, 0.3) is 0 Å². The average Bonchev–Trinajstić information content (AvgIpc) is 2.45. The molecule has 1 aliphatic rings. The van der Waals surface area contributed by atoms with Crippen LogP contribution in [0.1, 0.15) is 44.9 Å². The highest BCUT2D eigenvalue weighted by Crippen LogP contribution is 2.24. The van der Waals surface area contributed by atoms with Gasteiger partial charge in [0.05, 0.1) is 6.10 Å². The number of anilines is 2. The summed E-state index contributed by atoms with van der Waals surface area (Å²) in [4.78, 5) is 8.82. The van der Waals surface area contributed by atoms with Gasteiger partial charge in [0.25, 0.3) is 0 Å². The number of nitrogen functional groups attached to an aromatic ring is 1. The molecule has 5 N–H and O–H groups in total. The summed E-state index contributed by atoms with van der Waals surface area (Å²) in [7, 11) is 0. The molecule has 6 heteroatoms. The van der Waals surface area contributed by atoms with E-state index < -0.39 is 0 Å². The van der Waals surface area contributed by atoms with Crippen LogP contribution in [0.3, 0.4) is 0 Å². The van der Waals surface area contributed by atoms with E-state index in [-0.39, 0.29) is 6.10 Å². The number of nitrogens with zero attached hydrogens (tertiary/aromatic N) is 2. The molecule has 2 rings (SSSR count). The van der Waals surface area contributed by atoms with Gasteiger partial charge in [-0.1, -0.05) is 13.3 Å². The van der Waals surface area contributed by atoms with E-state index in [4.69, 9.17) is 5.84 Å². The van der Waals surface area contributed by atoms with E-state index in [1.807, 2.05) is 6.07 Å². The number of aliphatic hydroxyl groups excluding tert-OH is 1. The zero-order valence-corrected chi connectivity index (χ0v) is 12.1. The van der Waals surface area contributed by atoms with Crippen molar-refractivity contribution in [1.29, 1.82) is 0 Å². The van der Waals surface area contributed by atoms with Crippen molar-refractivity contribution in [2.75, 3.05) is 17.3 Å². The first-order valence-electron chi connectivity index (χ1n) is 7.47. The van der Waals surface area contributed by atoms with Gasteiger partial charge in [-0.15, -0.1) is 0 Å². The van der Waals surface area contributed by atoms with E-state index in [0.29, 0.717) is 11.7 Å². The SMILES string of the molecule is CCCc1nc(NN)cc(NCC2CCCC(O)C2)n1. The summed E-state index contributed by atoms with van der Waals surface area (Å²) in [6.45, 7) is 2.94. The molecule has 0 saturated heterocycles. The van der Waals surface area contributed by atoms with Crippen molar-refractivity contribution in [2.45, 2.75) is 51.6 Å². The lowest BCUT2D eigenvalue weighted by Crippen LogP contribution is -2.25. The lowest BCUT2D eigenvalue weighted by molar-refractivity contribution is 0.104. The van der Waals surface area contributed by atoms with Crippen LogP contribution in [0.4, 0.5) is 11.6 Å². The fraction of sp³-hybridized carbons (Fsp3) is 0.714. The minimum absolute atomic E-state index is 0.141. The van der Waals surface area contributed by atoms with Gasteiger partial charge in [-0.2, -0.15) is 0 Å². The fourth-order valence-corrected chi connectivity index (χ4v) is 2.69. The average molecular weight is 279 g/mol. The maximum absolute atomic E-state index is 9.69. The third-order valence-electron chi connectivity index (χ3n) is 3.72. The van der Waals surface area contributed by atoms with Crippen LogP contribution in [0.2, 0.25) is 0 Å². The van der Waals surface area contributed by atoms with Crippen LogP contribution in [0.15, 0.2) is 6.07 Å². The zero-order chi connectivity index (χ0) is 14.4. The molecule has 2 atom stereocenters. The third kappa shape index (κ3) is 4.31. The molecule has 0 aromatic carbocycles. The van der Waals surface area contributed by atoms with Gasteiger partial charge in [0.15, 0.2) is 0 Å². The predicted octanol–water partition coefficient (Wildman–Crippen LogP) is 1.68. The first-order chi connectivity index (χ1) is 9.71. The molecule has 20 heavy (non-hydrogen) atoms. The Hall–Kier alpha value is -1.40.